The van der Waals surface area contributed by atoms with E-state index >= 15 is 0 Å². The fourth-order valence-electron chi connectivity index (χ4n) is 14.3. The molecule has 107 heavy (non-hydrogen) atoms. The lowest BCUT2D eigenvalue weighted by Crippen LogP contribution is -2.71. The number of amides is 3. The highest BCUT2D eigenvalue weighted by Crippen LogP contribution is 2.40. The Labute approximate surface area is 627 Å². The van der Waals surface area contributed by atoms with Gasteiger partial charge in [-0.2, -0.15) is 0 Å². The van der Waals surface area contributed by atoms with E-state index in [0.717, 1.165) is 65.2 Å². The third kappa shape index (κ3) is 29.2. The van der Waals surface area contributed by atoms with Gasteiger partial charge in [-0.25, -0.2) is 4.79 Å². The first-order chi connectivity index (χ1) is 51.3. The summed E-state index contributed by atoms with van der Waals surface area (Å²) in [5.74, 6) is -7.39. The van der Waals surface area contributed by atoms with Gasteiger partial charge in [0.1, 0.15) is 116 Å². The molecule has 5 aliphatic heterocycles. The van der Waals surface area contributed by atoms with Crippen LogP contribution in [0.3, 0.4) is 0 Å². The average molecular weight is 1550 g/mol. The Kier molecular flexibility index (Phi) is 44.0. The average Bonchev–Trinajstić information content (AvgIpc) is 0.756. The SMILES string of the molecule is CCCCCCCCCCCCC/C=C\C(O)C(CO[C@@H]1O[C@H](CO)[C@@H](O[C@@H]2O[C@H](CO)[C@H](O)[C@H](O[C@@H]3O[C@H](CO)[C@H](O)[C@H](O[C@@H]4O[C@H](CO)[C@H](O)[C@H](O[C@]5(C(=O)O)C[C@@H](O)[C@H](NC(C)=O)[C@@H](C(O)C(O)CO)O5)[C@H]4O)[C@H]3NC(C)=O)[C@H]2O)[C@H](O)[C@H]1O)NC(=O)CCCCCCCCCCCCCCCCC. The molecule has 5 heterocycles. The Morgan fingerprint density at radius 2 is 0.907 bits per heavy atom. The van der Waals surface area contributed by atoms with Gasteiger partial charge in [-0.1, -0.05) is 180 Å². The van der Waals surface area contributed by atoms with Crippen molar-refractivity contribution in [2.24, 2.45) is 0 Å². The minimum absolute atomic E-state index is 0.168. The van der Waals surface area contributed by atoms with Crippen LogP contribution >= 0.6 is 0 Å². The molecule has 0 spiro atoms. The molecule has 5 rings (SSSR count). The zero-order valence-electron chi connectivity index (χ0n) is 62.8. The maximum atomic E-state index is 13.5. The number of carbonyl (C=O) groups excluding carboxylic acids is 3. The standard InChI is InChI=1S/C73H131N3O31/c1-5-7-9-11-13-15-17-19-20-22-24-26-28-30-32-34-52(87)76-44(45(84)33-31-29-27-25-23-21-18-16-14-12-10-8-6-2)41-98-69-60(93)59(92)63(51(40-81)102-69)103-70-61(94)66(57(90)49(38-79)100-70)105-68-54(75-43(4)83)64(56(89)48(37-78)99-68)104-71-62(95)67(58(91)50(39-80)101-71)107-73(72(96)97)35-46(85)53(74-42(3)82)65(106-73)55(88)47(86)36-77/h31,33,44-51,53-71,77-81,84-86,88-95H,5-30,32,34-41H2,1-4H3,(H,74,82)(H,75,83)(H,76,87)(H,96,97)/b33-31-/t44?,45?,46-,47?,48-,49-,50-,51-,53+,54-,55?,56+,57+,58+,59-,60-,61-,62-,63-,64-,65+,66+,67+,68+,69-,70+,71+,73+/m1/s1. The molecular weight excluding hydrogens is 1410 g/mol. The molecule has 4 unspecified atom stereocenters. The van der Waals surface area contributed by atoms with E-state index in [0.29, 0.717) is 12.8 Å². The fourth-order valence-corrected chi connectivity index (χ4v) is 14.3. The van der Waals surface area contributed by atoms with Gasteiger partial charge < -0.3 is 150 Å². The predicted molar refractivity (Wildman–Crippen MR) is 378 cm³/mol. The van der Waals surface area contributed by atoms with Crippen LogP contribution in [0.25, 0.3) is 0 Å². The molecule has 0 bridgehead atoms. The topological polar surface area (TPSA) is 541 Å². The van der Waals surface area contributed by atoms with E-state index in [9.17, 15) is 106 Å². The van der Waals surface area contributed by atoms with Crippen LogP contribution < -0.4 is 16.0 Å². The number of ether oxygens (including phenoxy) is 10. The quantitative estimate of drug-likeness (QED) is 0.0255. The normalized spacial score (nSPS) is 34.6. The third-order valence-electron chi connectivity index (χ3n) is 20.6. The molecule has 624 valence electrons. The highest BCUT2D eigenvalue weighted by molar-refractivity contribution is 5.77. The van der Waals surface area contributed by atoms with Gasteiger partial charge in [-0.15, -0.1) is 0 Å². The molecule has 0 radical (unpaired) electrons. The van der Waals surface area contributed by atoms with E-state index in [-0.39, 0.29) is 12.3 Å². The minimum Gasteiger partial charge on any atom is -0.477 e. The van der Waals surface area contributed by atoms with Crippen molar-refractivity contribution in [1.29, 1.82) is 0 Å². The second-order valence-corrected chi connectivity index (χ2v) is 29.3. The number of hydrogen-bond donors (Lipinski definition) is 20. The zero-order valence-corrected chi connectivity index (χ0v) is 62.8. The maximum absolute atomic E-state index is 13.5. The monoisotopic (exact) mass is 1550 g/mol. The van der Waals surface area contributed by atoms with E-state index in [2.05, 4.69) is 29.8 Å². The number of nitrogens with one attached hydrogen (secondary N) is 3. The molecule has 5 aliphatic rings. The molecule has 20 N–H and O–H groups in total. The number of carboxylic acids is 1. The molecule has 5 saturated heterocycles. The van der Waals surface area contributed by atoms with Gasteiger partial charge in [-0.3, -0.25) is 14.4 Å². The Balaban J connectivity index is 1.28. The highest BCUT2D eigenvalue weighted by Gasteiger charge is 2.61. The van der Waals surface area contributed by atoms with Gasteiger partial charge in [0, 0.05) is 26.7 Å². The van der Waals surface area contributed by atoms with Crippen molar-refractivity contribution >= 4 is 23.7 Å². The lowest BCUT2D eigenvalue weighted by molar-refractivity contribution is -0.389. The molecule has 3 amide bonds. The number of unbranched alkanes of at least 4 members (excludes halogenated alkanes) is 25. The number of hydrogen-bond acceptors (Lipinski definition) is 30. The Morgan fingerprint density at radius 1 is 0.486 bits per heavy atom. The van der Waals surface area contributed by atoms with Gasteiger partial charge in [-0.05, 0) is 19.3 Å². The molecule has 0 saturated carbocycles. The molecule has 28 atom stereocenters. The highest BCUT2D eigenvalue weighted by atomic mass is 16.8. The number of allylic oxidation sites excluding steroid dienone is 1. The second-order valence-electron chi connectivity index (χ2n) is 29.3. The third-order valence-corrected chi connectivity index (χ3v) is 20.6. The molecule has 0 aromatic carbocycles. The van der Waals surface area contributed by atoms with Gasteiger partial charge in [0.25, 0.3) is 5.79 Å². The molecule has 34 nitrogen and oxygen atoms in total. The zero-order chi connectivity index (χ0) is 78.8. The number of carbonyl (C=O) groups is 4. The van der Waals surface area contributed by atoms with Gasteiger partial charge in [0.2, 0.25) is 17.7 Å². The van der Waals surface area contributed by atoms with E-state index in [1.807, 2.05) is 6.08 Å². The molecule has 5 fully saturated rings. The molecule has 34 heteroatoms. The Morgan fingerprint density at radius 3 is 1.38 bits per heavy atom. The van der Waals surface area contributed by atoms with Gasteiger partial charge in [0.15, 0.2) is 25.2 Å². The van der Waals surface area contributed by atoms with Crippen molar-refractivity contribution < 1.29 is 153 Å². The summed E-state index contributed by atoms with van der Waals surface area (Å²) in [7, 11) is 0. The van der Waals surface area contributed by atoms with Crippen molar-refractivity contribution in [3.05, 3.63) is 12.2 Å². The van der Waals surface area contributed by atoms with Crippen molar-refractivity contribution in [1.82, 2.24) is 16.0 Å². The largest absolute Gasteiger partial charge is 0.477 e. The van der Waals surface area contributed by atoms with Crippen molar-refractivity contribution in [2.45, 2.75) is 385 Å². The van der Waals surface area contributed by atoms with Crippen molar-refractivity contribution in [3.8, 4) is 0 Å². The number of aliphatic carboxylic acids is 1. The first-order valence-electron chi connectivity index (χ1n) is 39.1. The first kappa shape index (κ1) is 94.2. The number of rotatable bonds is 52. The summed E-state index contributed by atoms with van der Waals surface area (Å²) in [6.45, 7) is 0.587. The molecule has 0 aliphatic carbocycles. The van der Waals surface area contributed by atoms with Crippen LogP contribution in [0.15, 0.2) is 12.2 Å². The maximum Gasteiger partial charge on any atom is 0.364 e. The van der Waals surface area contributed by atoms with Crippen LogP contribution in [0.1, 0.15) is 214 Å². The Hall–Kier alpha value is -3.42. The Bertz CT molecular complexity index is 2500. The van der Waals surface area contributed by atoms with Crippen LogP contribution in [0.5, 0.6) is 0 Å². The fraction of sp³-hybridized carbons (Fsp3) is 0.918. The summed E-state index contributed by atoms with van der Waals surface area (Å²) >= 11 is 0. The van der Waals surface area contributed by atoms with Crippen molar-refractivity contribution in [3.63, 3.8) is 0 Å². The minimum atomic E-state index is -3.22. The molecule has 0 aromatic heterocycles. The smallest absolute Gasteiger partial charge is 0.364 e. The van der Waals surface area contributed by atoms with E-state index in [1.54, 1.807) is 6.08 Å². The first-order valence-corrected chi connectivity index (χ1v) is 39.1. The second kappa shape index (κ2) is 49.9. The molecular formula is C73H131N3O31. The summed E-state index contributed by atoms with van der Waals surface area (Å²) in [6, 6.07) is -4.65. The van der Waals surface area contributed by atoms with Gasteiger partial charge in [0.05, 0.1) is 63.9 Å². The lowest BCUT2D eigenvalue weighted by Gasteiger charge is -2.51. The predicted octanol–water partition coefficient (Wildman–Crippen LogP) is -1.04. The van der Waals surface area contributed by atoms with Crippen LogP contribution in [-0.2, 0) is 66.5 Å². The van der Waals surface area contributed by atoms with E-state index in [4.69, 9.17) is 47.4 Å². The number of aliphatic hydroxyl groups is 16. The lowest BCUT2D eigenvalue weighted by atomic mass is 9.88. The van der Waals surface area contributed by atoms with Crippen LogP contribution in [0, 0.1) is 0 Å². The summed E-state index contributed by atoms with van der Waals surface area (Å²) < 4.78 is 59.0. The van der Waals surface area contributed by atoms with Crippen LogP contribution in [0.4, 0.5) is 0 Å². The molecule has 0 aromatic rings. The van der Waals surface area contributed by atoms with Crippen LogP contribution in [0.2, 0.25) is 0 Å². The summed E-state index contributed by atoms with van der Waals surface area (Å²) in [5, 5.41) is 197. The van der Waals surface area contributed by atoms with E-state index in [1.165, 1.54) is 109 Å². The van der Waals surface area contributed by atoms with Gasteiger partial charge >= 0.3 is 5.97 Å². The van der Waals surface area contributed by atoms with Crippen molar-refractivity contribution in [2.75, 3.05) is 39.6 Å². The number of aliphatic hydroxyl groups excluding tert-OH is 16. The number of carboxylic acid groups (broad SMARTS) is 1. The van der Waals surface area contributed by atoms with Crippen LogP contribution in [-0.4, -0.2) is 321 Å². The van der Waals surface area contributed by atoms with E-state index < -0.39 is 235 Å². The summed E-state index contributed by atoms with van der Waals surface area (Å²) in [5.41, 5.74) is 0. The summed E-state index contributed by atoms with van der Waals surface area (Å²) in [4.78, 5) is 52.0. The summed E-state index contributed by atoms with van der Waals surface area (Å²) in [6.07, 6.45) is -15.2.